The number of carbonyl (C=O) groups excluding carboxylic acids is 1. The highest BCUT2D eigenvalue weighted by Crippen LogP contribution is 2.13. The van der Waals surface area contributed by atoms with Crippen LogP contribution >= 0.6 is 12.4 Å². The third-order valence-electron chi connectivity index (χ3n) is 3.08. The second-order valence-corrected chi connectivity index (χ2v) is 4.71. The van der Waals surface area contributed by atoms with E-state index in [1.165, 1.54) is 6.42 Å². The molecule has 1 heterocycles. The van der Waals surface area contributed by atoms with Gasteiger partial charge in [0.25, 0.3) is 0 Å². The molecule has 0 aliphatic carbocycles. The summed E-state index contributed by atoms with van der Waals surface area (Å²) < 4.78 is 11.1. The van der Waals surface area contributed by atoms with Crippen molar-refractivity contribution in [2.45, 2.75) is 44.8 Å². The van der Waals surface area contributed by atoms with E-state index in [2.05, 4.69) is 10.6 Å². The van der Waals surface area contributed by atoms with E-state index in [4.69, 9.17) is 9.47 Å². The predicted molar refractivity (Wildman–Crippen MR) is 77.8 cm³/mol. The zero-order valence-electron chi connectivity index (χ0n) is 11.9. The van der Waals surface area contributed by atoms with Crippen molar-refractivity contribution in [1.82, 2.24) is 10.6 Å². The molecule has 2 atom stereocenters. The summed E-state index contributed by atoms with van der Waals surface area (Å²) in [6, 6.07) is 0. The van der Waals surface area contributed by atoms with E-state index in [9.17, 15) is 4.79 Å². The number of carbonyl (C=O) groups is 1. The van der Waals surface area contributed by atoms with Gasteiger partial charge in [-0.25, -0.2) is 0 Å². The topological polar surface area (TPSA) is 59.6 Å². The largest absolute Gasteiger partial charge is 0.376 e. The van der Waals surface area contributed by atoms with Crippen LogP contribution in [0.15, 0.2) is 0 Å². The third-order valence-corrected chi connectivity index (χ3v) is 3.08. The lowest BCUT2D eigenvalue weighted by Crippen LogP contribution is -2.37. The van der Waals surface area contributed by atoms with Gasteiger partial charge in [-0.05, 0) is 46.2 Å². The van der Waals surface area contributed by atoms with Crippen LogP contribution < -0.4 is 10.6 Å². The Hall–Kier alpha value is -0.360. The minimum atomic E-state index is -0.398. The fraction of sp³-hybridized carbons (Fsp3) is 0.923. The molecule has 1 aliphatic heterocycles. The van der Waals surface area contributed by atoms with Gasteiger partial charge in [-0.1, -0.05) is 0 Å². The molecule has 1 aliphatic rings. The van der Waals surface area contributed by atoms with Crippen molar-refractivity contribution in [2.24, 2.45) is 0 Å². The van der Waals surface area contributed by atoms with E-state index in [0.717, 1.165) is 32.4 Å². The van der Waals surface area contributed by atoms with Crippen LogP contribution in [-0.4, -0.2) is 51.5 Å². The Labute approximate surface area is 122 Å². The van der Waals surface area contributed by atoms with Crippen LogP contribution in [0.2, 0.25) is 0 Å². The number of ether oxygens (including phenoxy) is 2. The van der Waals surface area contributed by atoms with Crippen molar-refractivity contribution in [2.75, 3.05) is 33.4 Å². The average molecular weight is 295 g/mol. The standard InChI is InChI=1S/C13H26N2O3.ClH/c1-11(13(16)15-8-5-7-14-2)18-10-12-6-3-4-9-17-12;/h11-12,14H,3-10H2,1-2H3,(H,15,16);1H. The van der Waals surface area contributed by atoms with Gasteiger partial charge in [-0.3, -0.25) is 4.79 Å². The normalized spacial score (nSPS) is 20.4. The Morgan fingerprint density at radius 2 is 2.21 bits per heavy atom. The van der Waals surface area contributed by atoms with Gasteiger partial charge >= 0.3 is 0 Å². The maximum atomic E-state index is 11.7. The van der Waals surface area contributed by atoms with Gasteiger partial charge in [0.05, 0.1) is 12.7 Å². The number of rotatable bonds is 8. The molecule has 114 valence electrons. The quantitative estimate of drug-likeness (QED) is 0.659. The molecule has 2 unspecified atom stereocenters. The molecule has 2 N–H and O–H groups in total. The van der Waals surface area contributed by atoms with E-state index in [-0.39, 0.29) is 24.4 Å². The summed E-state index contributed by atoms with van der Waals surface area (Å²) in [5, 5.41) is 5.90. The zero-order valence-corrected chi connectivity index (χ0v) is 12.8. The maximum absolute atomic E-state index is 11.7. The van der Waals surface area contributed by atoms with Crippen LogP contribution in [0, 0.1) is 0 Å². The van der Waals surface area contributed by atoms with Crippen molar-refractivity contribution in [3.05, 3.63) is 0 Å². The predicted octanol–water partition coefficient (Wildman–Crippen LogP) is 1.11. The number of hydrogen-bond donors (Lipinski definition) is 2. The van der Waals surface area contributed by atoms with Crippen molar-refractivity contribution in [1.29, 1.82) is 0 Å². The number of halogens is 1. The lowest BCUT2D eigenvalue weighted by Gasteiger charge is -2.23. The lowest BCUT2D eigenvalue weighted by atomic mass is 10.1. The first-order valence-corrected chi connectivity index (χ1v) is 6.89. The summed E-state index contributed by atoms with van der Waals surface area (Å²) in [4.78, 5) is 11.7. The Morgan fingerprint density at radius 1 is 1.42 bits per heavy atom. The van der Waals surface area contributed by atoms with Crippen LogP contribution in [0.4, 0.5) is 0 Å². The molecule has 1 fully saturated rings. The van der Waals surface area contributed by atoms with E-state index < -0.39 is 6.10 Å². The molecule has 0 bridgehead atoms. The van der Waals surface area contributed by atoms with Crippen LogP contribution in [0.1, 0.15) is 32.6 Å². The lowest BCUT2D eigenvalue weighted by molar-refractivity contribution is -0.135. The molecule has 19 heavy (non-hydrogen) atoms. The van der Waals surface area contributed by atoms with Gasteiger partial charge in [0.2, 0.25) is 5.91 Å². The van der Waals surface area contributed by atoms with Crippen LogP contribution in [-0.2, 0) is 14.3 Å². The fourth-order valence-electron chi connectivity index (χ4n) is 1.89. The van der Waals surface area contributed by atoms with E-state index in [1.54, 1.807) is 6.92 Å². The van der Waals surface area contributed by atoms with Gasteiger partial charge in [-0.15, -0.1) is 12.4 Å². The van der Waals surface area contributed by atoms with Gasteiger partial charge in [0, 0.05) is 13.2 Å². The number of nitrogens with one attached hydrogen (secondary N) is 2. The Morgan fingerprint density at radius 3 is 2.84 bits per heavy atom. The molecule has 0 aromatic carbocycles. The second-order valence-electron chi connectivity index (χ2n) is 4.71. The molecular formula is C13H27ClN2O3. The van der Waals surface area contributed by atoms with Gasteiger partial charge < -0.3 is 20.1 Å². The highest BCUT2D eigenvalue weighted by molar-refractivity contribution is 5.85. The monoisotopic (exact) mass is 294 g/mol. The zero-order chi connectivity index (χ0) is 13.2. The Bertz CT molecular complexity index is 236. The third kappa shape index (κ3) is 8.42. The first-order valence-electron chi connectivity index (χ1n) is 6.89. The molecule has 5 nitrogen and oxygen atoms in total. The van der Waals surface area contributed by atoms with Crippen molar-refractivity contribution < 1.29 is 14.3 Å². The summed E-state index contributed by atoms with van der Waals surface area (Å²) in [5.41, 5.74) is 0. The summed E-state index contributed by atoms with van der Waals surface area (Å²) in [5.74, 6) is -0.0399. The van der Waals surface area contributed by atoms with Crippen LogP contribution in [0.25, 0.3) is 0 Å². The molecular weight excluding hydrogens is 268 g/mol. The first-order chi connectivity index (χ1) is 8.74. The summed E-state index contributed by atoms with van der Waals surface area (Å²) in [6.07, 6.45) is 4.07. The molecule has 1 saturated heterocycles. The minimum Gasteiger partial charge on any atom is -0.376 e. The molecule has 0 saturated carbocycles. The van der Waals surface area contributed by atoms with Crippen LogP contribution in [0.5, 0.6) is 0 Å². The molecule has 0 aromatic rings. The second kappa shape index (κ2) is 11.5. The summed E-state index contributed by atoms with van der Waals surface area (Å²) in [7, 11) is 1.90. The highest BCUT2D eigenvalue weighted by atomic mass is 35.5. The highest BCUT2D eigenvalue weighted by Gasteiger charge is 2.18. The molecule has 0 spiro atoms. The smallest absolute Gasteiger partial charge is 0.248 e. The number of hydrogen-bond acceptors (Lipinski definition) is 4. The van der Waals surface area contributed by atoms with E-state index in [0.29, 0.717) is 13.2 Å². The fourth-order valence-corrected chi connectivity index (χ4v) is 1.89. The van der Waals surface area contributed by atoms with Crippen molar-refractivity contribution >= 4 is 18.3 Å². The van der Waals surface area contributed by atoms with E-state index >= 15 is 0 Å². The first kappa shape index (κ1) is 18.6. The molecule has 0 aromatic heterocycles. The SMILES string of the molecule is CNCCCNC(=O)C(C)OCC1CCCCO1.Cl. The van der Waals surface area contributed by atoms with Gasteiger partial charge in [0.1, 0.15) is 6.10 Å². The average Bonchev–Trinajstić information content (AvgIpc) is 2.42. The van der Waals surface area contributed by atoms with E-state index in [1.807, 2.05) is 7.05 Å². The van der Waals surface area contributed by atoms with Crippen LogP contribution in [0.3, 0.4) is 0 Å². The summed E-state index contributed by atoms with van der Waals surface area (Å²) >= 11 is 0. The number of amides is 1. The van der Waals surface area contributed by atoms with Gasteiger partial charge in [0.15, 0.2) is 0 Å². The maximum Gasteiger partial charge on any atom is 0.248 e. The minimum absolute atomic E-state index is 0. The van der Waals surface area contributed by atoms with Crippen molar-refractivity contribution in [3.8, 4) is 0 Å². The Balaban J connectivity index is 0.00000324. The molecule has 6 heteroatoms. The Kier molecular flexibility index (Phi) is 11.2. The molecule has 1 rings (SSSR count). The molecule has 1 amide bonds. The van der Waals surface area contributed by atoms with Gasteiger partial charge in [-0.2, -0.15) is 0 Å². The van der Waals surface area contributed by atoms with Crippen molar-refractivity contribution in [3.63, 3.8) is 0 Å². The summed E-state index contributed by atoms with van der Waals surface area (Å²) in [6.45, 7) is 4.72. The molecule has 0 radical (unpaired) electrons.